The second kappa shape index (κ2) is 5.61. The van der Waals surface area contributed by atoms with E-state index in [0.29, 0.717) is 5.56 Å². The Morgan fingerprint density at radius 2 is 2.00 bits per heavy atom. The second-order valence-corrected chi connectivity index (χ2v) is 3.74. The standard InChI is InChI=1S/C12H16FNO2/c1-8-3-5-9(6-4-8)10(13)7-11(14)12(15)16-2/h3-6,10-11H,7,14H2,1-2H3. The van der Waals surface area contributed by atoms with Crippen LogP contribution in [0.2, 0.25) is 0 Å². The molecule has 0 saturated carbocycles. The van der Waals surface area contributed by atoms with Gasteiger partial charge >= 0.3 is 5.97 Å². The average molecular weight is 225 g/mol. The van der Waals surface area contributed by atoms with Gasteiger partial charge in [-0.05, 0) is 12.5 Å². The molecule has 88 valence electrons. The largest absolute Gasteiger partial charge is 0.468 e. The summed E-state index contributed by atoms with van der Waals surface area (Å²) >= 11 is 0. The fourth-order valence-electron chi connectivity index (χ4n) is 1.38. The van der Waals surface area contributed by atoms with Crippen molar-refractivity contribution in [2.24, 2.45) is 5.73 Å². The van der Waals surface area contributed by atoms with Gasteiger partial charge in [-0.15, -0.1) is 0 Å². The number of carbonyl (C=O) groups is 1. The summed E-state index contributed by atoms with van der Waals surface area (Å²) < 4.78 is 18.2. The van der Waals surface area contributed by atoms with Gasteiger partial charge in [0.25, 0.3) is 0 Å². The van der Waals surface area contributed by atoms with E-state index in [1.807, 2.05) is 19.1 Å². The number of alkyl halides is 1. The number of nitrogens with two attached hydrogens (primary N) is 1. The Labute approximate surface area is 94.4 Å². The van der Waals surface area contributed by atoms with Gasteiger partial charge in [-0.1, -0.05) is 29.8 Å². The summed E-state index contributed by atoms with van der Waals surface area (Å²) in [5.41, 5.74) is 7.08. The van der Waals surface area contributed by atoms with Crippen molar-refractivity contribution in [2.75, 3.05) is 7.11 Å². The van der Waals surface area contributed by atoms with Gasteiger partial charge in [0, 0.05) is 6.42 Å². The van der Waals surface area contributed by atoms with E-state index in [1.165, 1.54) is 7.11 Å². The van der Waals surface area contributed by atoms with Crippen molar-refractivity contribution in [1.29, 1.82) is 0 Å². The molecule has 0 fully saturated rings. The van der Waals surface area contributed by atoms with Crippen molar-refractivity contribution >= 4 is 5.97 Å². The molecule has 0 amide bonds. The number of aryl methyl sites for hydroxylation is 1. The molecule has 1 aromatic carbocycles. The summed E-state index contributed by atoms with van der Waals surface area (Å²) in [5.74, 6) is -0.588. The first-order chi connectivity index (χ1) is 7.54. The number of ether oxygens (including phenoxy) is 1. The highest BCUT2D eigenvalue weighted by atomic mass is 19.1. The van der Waals surface area contributed by atoms with E-state index in [0.717, 1.165) is 5.56 Å². The molecular formula is C12H16FNO2. The van der Waals surface area contributed by atoms with Crippen LogP contribution in [0.5, 0.6) is 0 Å². The zero-order valence-corrected chi connectivity index (χ0v) is 9.44. The van der Waals surface area contributed by atoms with Crippen LogP contribution in [0.25, 0.3) is 0 Å². The van der Waals surface area contributed by atoms with E-state index < -0.39 is 18.2 Å². The van der Waals surface area contributed by atoms with Gasteiger partial charge in [-0.3, -0.25) is 4.79 Å². The minimum Gasteiger partial charge on any atom is -0.468 e. The Morgan fingerprint density at radius 3 is 2.50 bits per heavy atom. The number of esters is 1. The summed E-state index contributed by atoms with van der Waals surface area (Å²) in [6.45, 7) is 1.93. The monoisotopic (exact) mass is 225 g/mol. The van der Waals surface area contributed by atoms with Crippen molar-refractivity contribution in [3.8, 4) is 0 Å². The Balaban J connectivity index is 2.61. The molecule has 0 aliphatic carbocycles. The van der Waals surface area contributed by atoms with Gasteiger partial charge in [-0.25, -0.2) is 4.39 Å². The molecule has 0 aliphatic heterocycles. The maximum Gasteiger partial charge on any atom is 0.322 e. The van der Waals surface area contributed by atoms with Crippen LogP contribution in [0.3, 0.4) is 0 Å². The lowest BCUT2D eigenvalue weighted by Gasteiger charge is -2.13. The summed E-state index contributed by atoms with van der Waals surface area (Å²) in [7, 11) is 1.24. The Kier molecular flexibility index (Phi) is 4.43. The number of carbonyl (C=O) groups excluding carboxylic acids is 1. The molecule has 0 bridgehead atoms. The average Bonchev–Trinajstić information content (AvgIpc) is 2.28. The van der Waals surface area contributed by atoms with Crippen molar-refractivity contribution in [2.45, 2.75) is 25.6 Å². The highest BCUT2D eigenvalue weighted by Crippen LogP contribution is 2.22. The minimum absolute atomic E-state index is 0.0598. The van der Waals surface area contributed by atoms with Crippen molar-refractivity contribution < 1.29 is 13.9 Å². The van der Waals surface area contributed by atoms with Crippen LogP contribution in [0.4, 0.5) is 4.39 Å². The minimum atomic E-state index is -1.24. The molecule has 3 nitrogen and oxygen atoms in total. The highest BCUT2D eigenvalue weighted by molar-refractivity contribution is 5.75. The molecule has 0 heterocycles. The predicted molar refractivity (Wildman–Crippen MR) is 59.6 cm³/mol. The van der Waals surface area contributed by atoms with Crippen molar-refractivity contribution in [3.05, 3.63) is 35.4 Å². The van der Waals surface area contributed by atoms with Crippen LogP contribution in [-0.2, 0) is 9.53 Å². The third kappa shape index (κ3) is 3.31. The van der Waals surface area contributed by atoms with Crippen LogP contribution < -0.4 is 5.73 Å². The highest BCUT2D eigenvalue weighted by Gasteiger charge is 2.20. The Morgan fingerprint density at radius 1 is 1.44 bits per heavy atom. The summed E-state index contributed by atoms with van der Waals surface area (Å²) in [4.78, 5) is 11.0. The molecule has 2 atom stereocenters. The first-order valence-corrected chi connectivity index (χ1v) is 5.08. The van der Waals surface area contributed by atoms with Gasteiger partial charge in [0.2, 0.25) is 0 Å². The van der Waals surface area contributed by atoms with Gasteiger partial charge in [0.05, 0.1) is 7.11 Å². The SMILES string of the molecule is COC(=O)C(N)CC(F)c1ccc(C)cc1. The molecule has 0 saturated heterocycles. The lowest BCUT2D eigenvalue weighted by atomic mass is 10.0. The molecule has 2 N–H and O–H groups in total. The van der Waals surface area contributed by atoms with Crippen LogP contribution in [-0.4, -0.2) is 19.1 Å². The number of methoxy groups -OCH3 is 1. The van der Waals surface area contributed by atoms with E-state index >= 15 is 0 Å². The van der Waals surface area contributed by atoms with Crippen molar-refractivity contribution in [3.63, 3.8) is 0 Å². The van der Waals surface area contributed by atoms with Crippen LogP contribution in [0.1, 0.15) is 23.7 Å². The van der Waals surface area contributed by atoms with Gasteiger partial charge < -0.3 is 10.5 Å². The molecule has 1 rings (SSSR count). The number of rotatable bonds is 4. The first kappa shape index (κ1) is 12.6. The van der Waals surface area contributed by atoms with Crippen LogP contribution in [0, 0.1) is 6.92 Å². The fraction of sp³-hybridized carbons (Fsp3) is 0.417. The van der Waals surface area contributed by atoms with Crippen LogP contribution >= 0.6 is 0 Å². The first-order valence-electron chi connectivity index (χ1n) is 5.08. The Bertz CT molecular complexity index is 351. The van der Waals surface area contributed by atoms with Gasteiger partial charge in [-0.2, -0.15) is 0 Å². The summed E-state index contributed by atoms with van der Waals surface area (Å²) in [5, 5.41) is 0. The van der Waals surface area contributed by atoms with E-state index in [9.17, 15) is 9.18 Å². The quantitative estimate of drug-likeness (QED) is 0.796. The zero-order valence-electron chi connectivity index (χ0n) is 9.44. The second-order valence-electron chi connectivity index (χ2n) is 3.74. The molecular weight excluding hydrogens is 209 g/mol. The lowest BCUT2D eigenvalue weighted by Crippen LogP contribution is -2.32. The topological polar surface area (TPSA) is 52.3 Å². The fourth-order valence-corrected chi connectivity index (χ4v) is 1.38. The van der Waals surface area contributed by atoms with E-state index in [4.69, 9.17) is 5.73 Å². The number of halogens is 1. The van der Waals surface area contributed by atoms with Gasteiger partial charge in [0.15, 0.2) is 0 Å². The van der Waals surface area contributed by atoms with E-state index in [-0.39, 0.29) is 6.42 Å². The van der Waals surface area contributed by atoms with Crippen LogP contribution in [0.15, 0.2) is 24.3 Å². The molecule has 4 heteroatoms. The number of benzene rings is 1. The van der Waals surface area contributed by atoms with Crippen molar-refractivity contribution in [1.82, 2.24) is 0 Å². The maximum atomic E-state index is 13.7. The van der Waals surface area contributed by atoms with Gasteiger partial charge in [0.1, 0.15) is 12.2 Å². The molecule has 0 radical (unpaired) electrons. The van der Waals surface area contributed by atoms with E-state index in [1.54, 1.807) is 12.1 Å². The number of hydrogen-bond donors (Lipinski definition) is 1. The molecule has 0 spiro atoms. The molecule has 1 aromatic rings. The smallest absolute Gasteiger partial charge is 0.322 e. The predicted octanol–water partition coefficient (Wildman–Crippen LogP) is 1.90. The molecule has 2 unspecified atom stereocenters. The number of hydrogen-bond acceptors (Lipinski definition) is 3. The zero-order chi connectivity index (χ0) is 12.1. The third-order valence-corrected chi connectivity index (χ3v) is 2.40. The Hall–Kier alpha value is -1.42. The third-order valence-electron chi connectivity index (χ3n) is 2.40. The molecule has 0 aliphatic rings. The lowest BCUT2D eigenvalue weighted by molar-refractivity contribution is -0.142. The summed E-state index contributed by atoms with van der Waals surface area (Å²) in [6, 6.07) is 6.13. The molecule has 16 heavy (non-hydrogen) atoms. The normalized spacial score (nSPS) is 14.2. The van der Waals surface area contributed by atoms with E-state index in [2.05, 4.69) is 4.74 Å². The maximum absolute atomic E-state index is 13.7. The summed E-state index contributed by atoms with van der Waals surface area (Å²) in [6.07, 6.45) is -1.30. The molecule has 0 aromatic heterocycles.